The van der Waals surface area contributed by atoms with Gasteiger partial charge in [-0.2, -0.15) is 0 Å². The highest BCUT2D eigenvalue weighted by Crippen LogP contribution is 2.36. The molecule has 0 aliphatic rings. The number of phenolic OH excluding ortho intramolecular Hbond substituents is 1. The molecule has 0 saturated carbocycles. The molecule has 1 unspecified atom stereocenters. The van der Waals surface area contributed by atoms with Crippen molar-refractivity contribution in [1.29, 1.82) is 0 Å². The first kappa shape index (κ1) is 12.7. The largest absolute Gasteiger partial charge is 0.508 e. The zero-order valence-corrected chi connectivity index (χ0v) is 11.4. The summed E-state index contributed by atoms with van der Waals surface area (Å²) in [5.41, 5.74) is 2.12. The molecule has 0 aromatic heterocycles. The van der Waals surface area contributed by atoms with Crippen LogP contribution in [0, 0.1) is 6.92 Å². The molecular formula is C16H20O2. The number of hydrogen-bond donors (Lipinski definition) is 1. The monoisotopic (exact) mass is 244 g/mol. The van der Waals surface area contributed by atoms with Crippen LogP contribution < -0.4 is 4.74 Å². The number of aromatic hydroxyl groups is 1. The molecule has 2 aromatic rings. The molecular weight excluding hydrogens is 224 g/mol. The summed E-state index contributed by atoms with van der Waals surface area (Å²) in [4.78, 5) is 0. The van der Waals surface area contributed by atoms with Crippen LogP contribution in [-0.4, -0.2) is 12.2 Å². The van der Waals surface area contributed by atoms with Crippen LogP contribution in [0.3, 0.4) is 0 Å². The number of methoxy groups -OCH3 is 1. The van der Waals surface area contributed by atoms with Crippen LogP contribution in [0.15, 0.2) is 24.3 Å². The van der Waals surface area contributed by atoms with Crippen LogP contribution in [0.1, 0.15) is 37.3 Å². The van der Waals surface area contributed by atoms with Crippen LogP contribution in [0.5, 0.6) is 11.5 Å². The van der Waals surface area contributed by atoms with Gasteiger partial charge >= 0.3 is 0 Å². The van der Waals surface area contributed by atoms with E-state index >= 15 is 0 Å². The normalized spacial score (nSPS) is 12.7. The first-order valence-electron chi connectivity index (χ1n) is 6.38. The lowest BCUT2D eigenvalue weighted by atomic mass is 9.90. The van der Waals surface area contributed by atoms with Gasteiger partial charge in [-0.05, 0) is 59.4 Å². The number of hydrogen-bond acceptors (Lipinski definition) is 2. The van der Waals surface area contributed by atoms with E-state index in [1.54, 1.807) is 7.11 Å². The fourth-order valence-corrected chi connectivity index (χ4v) is 2.31. The summed E-state index contributed by atoms with van der Waals surface area (Å²) in [5.74, 6) is 1.63. The highest BCUT2D eigenvalue weighted by atomic mass is 16.5. The molecule has 18 heavy (non-hydrogen) atoms. The fourth-order valence-electron chi connectivity index (χ4n) is 2.31. The van der Waals surface area contributed by atoms with Crippen molar-refractivity contribution in [3.05, 3.63) is 35.4 Å². The van der Waals surface area contributed by atoms with Crippen molar-refractivity contribution in [3.8, 4) is 11.5 Å². The molecule has 2 rings (SSSR count). The SMILES string of the molecule is CCC(C)c1cc(O)c(C)c2cc(OC)ccc12. The number of ether oxygens (including phenoxy) is 1. The minimum Gasteiger partial charge on any atom is -0.508 e. The Labute approximate surface area is 108 Å². The Morgan fingerprint density at radius 1 is 1.22 bits per heavy atom. The standard InChI is InChI=1S/C16H20O2/c1-5-10(2)14-9-16(17)11(3)15-8-12(18-4)6-7-13(14)15/h6-10,17H,5H2,1-4H3. The zero-order chi connectivity index (χ0) is 13.3. The third-order valence-electron chi connectivity index (χ3n) is 3.76. The van der Waals surface area contributed by atoms with E-state index in [4.69, 9.17) is 4.74 Å². The Bertz CT molecular complexity index is 573. The molecule has 1 atom stereocenters. The van der Waals surface area contributed by atoms with E-state index in [0.717, 1.165) is 23.1 Å². The Morgan fingerprint density at radius 3 is 2.56 bits per heavy atom. The van der Waals surface area contributed by atoms with E-state index in [1.165, 1.54) is 10.9 Å². The summed E-state index contributed by atoms with van der Waals surface area (Å²) in [6.07, 6.45) is 1.06. The van der Waals surface area contributed by atoms with Crippen molar-refractivity contribution in [3.63, 3.8) is 0 Å². The molecule has 2 heteroatoms. The minimum atomic E-state index is 0.367. The summed E-state index contributed by atoms with van der Waals surface area (Å²) in [6.45, 7) is 6.29. The lowest BCUT2D eigenvalue weighted by molar-refractivity contribution is 0.415. The number of fused-ring (bicyclic) bond motifs is 1. The first-order valence-corrected chi connectivity index (χ1v) is 6.38. The lowest BCUT2D eigenvalue weighted by Gasteiger charge is -2.16. The van der Waals surface area contributed by atoms with Crippen LogP contribution >= 0.6 is 0 Å². The number of phenols is 1. The van der Waals surface area contributed by atoms with Crippen LogP contribution in [-0.2, 0) is 0 Å². The minimum absolute atomic E-state index is 0.367. The van der Waals surface area contributed by atoms with Gasteiger partial charge in [0.15, 0.2) is 0 Å². The zero-order valence-electron chi connectivity index (χ0n) is 11.4. The Kier molecular flexibility index (Phi) is 3.46. The van der Waals surface area contributed by atoms with Gasteiger partial charge in [-0.15, -0.1) is 0 Å². The molecule has 0 aliphatic carbocycles. The van der Waals surface area contributed by atoms with E-state index < -0.39 is 0 Å². The maximum absolute atomic E-state index is 10.1. The van der Waals surface area contributed by atoms with Crippen molar-refractivity contribution in [2.24, 2.45) is 0 Å². The molecule has 0 radical (unpaired) electrons. The molecule has 0 aliphatic heterocycles. The second kappa shape index (κ2) is 4.89. The van der Waals surface area contributed by atoms with Crippen molar-refractivity contribution in [2.45, 2.75) is 33.1 Å². The van der Waals surface area contributed by atoms with Crippen LogP contribution in [0.4, 0.5) is 0 Å². The smallest absolute Gasteiger partial charge is 0.119 e. The van der Waals surface area contributed by atoms with E-state index in [0.29, 0.717) is 11.7 Å². The van der Waals surface area contributed by atoms with E-state index in [-0.39, 0.29) is 0 Å². The van der Waals surface area contributed by atoms with E-state index in [9.17, 15) is 5.11 Å². The molecule has 0 fully saturated rings. The predicted octanol–water partition coefficient (Wildman–Crippen LogP) is 4.38. The number of aryl methyl sites for hydroxylation is 1. The fraction of sp³-hybridized carbons (Fsp3) is 0.375. The first-order chi connectivity index (χ1) is 8.58. The molecule has 0 spiro atoms. The van der Waals surface area contributed by atoms with Gasteiger partial charge in [0.25, 0.3) is 0 Å². The summed E-state index contributed by atoms with van der Waals surface area (Å²) < 4.78 is 5.26. The molecule has 1 N–H and O–H groups in total. The Hall–Kier alpha value is -1.70. The summed E-state index contributed by atoms with van der Waals surface area (Å²) in [6, 6.07) is 7.96. The third-order valence-corrected chi connectivity index (χ3v) is 3.76. The number of benzene rings is 2. The van der Waals surface area contributed by atoms with Gasteiger partial charge in [0.2, 0.25) is 0 Å². The van der Waals surface area contributed by atoms with Gasteiger partial charge in [0.05, 0.1) is 7.11 Å². The van der Waals surface area contributed by atoms with Gasteiger partial charge in [0, 0.05) is 0 Å². The van der Waals surface area contributed by atoms with Crippen molar-refractivity contribution in [1.82, 2.24) is 0 Å². The van der Waals surface area contributed by atoms with Crippen LogP contribution in [0.25, 0.3) is 10.8 Å². The summed E-state index contributed by atoms with van der Waals surface area (Å²) in [5, 5.41) is 12.3. The lowest BCUT2D eigenvalue weighted by Crippen LogP contribution is -1.95. The molecule has 2 nitrogen and oxygen atoms in total. The van der Waals surface area contributed by atoms with Crippen molar-refractivity contribution < 1.29 is 9.84 Å². The van der Waals surface area contributed by atoms with Gasteiger partial charge in [-0.1, -0.05) is 19.9 Å². The predicted molar refractivity (Wildman–Crippen MR) is 75.6 cm³/mol. The Morgan fingerprint density at radius 2 is 1.94 bits per heavy atom. The average Bonchev–Trinajstić information content (AvgIpc) is 2.41. The second-order valence-electron chi connectivity index (χ2n) is 4.83. The highest BCUT2D eigenvalue weighted by molar-refractivity contribution is 5.92. The van der Waals surface area contributed by atoms with Crippen LogP contribution in [0.2, 0.25) is 0 Å². The van der Waals surface area contributed by atoms with Gasteiger partial charge in [-0.3, -0.25) is 0 Å². The third kappa shape index (κ3) is 2.03. The van der Waals surface area contributed by atoms with Gasteiger partial charge in [0.1, 0.15) is 11.5 Å². The molecule has 96 valence electrons. The molecule has 2 aromatic carbocycles. The molecule has 0 saturated heterocycles. The average molecular weight is 244 g/mol. The van der Waals surface area contributed by atoms with Gasteiger partial charge in [-0.25, -0.2) is 0 Å². The maximum Gasteiger partial charge on any atom is 0.119 e. The Balaban J connectivity index is 2.77. The van der Waals surface area contributed by atoms with Crippen molar-refractivity contribution in [2.75, 3.05) is 7.11 Å². The maximum atomic E-state index is 10.1. The quantitative estimate of drug-likeness (QED) is 0.868. The van der Waals surface area contributed by atoms with E-state index in [2.05, 4.69) is 19.9 Å². The topological polar surface area (TPSA) is 29.5 Å². The molecule has 0 amide bonds. The van der Waals surface area contributed by atoms with Gasteiger partial charge < -0.3 is 9.84 Å². The number of rotatable bonds is 3. The summed E-state index contributed by atoms with van der Waals surface area (Å²) in [7, 11) is 1.66. The highest BCUT2D eigenvalue weighted by Gasteiger charge is 2.13. The van der Waals surface area contributed by atoms with Crippen molar-refractivity contribution >= 4 is 10.8 Å². The molecule has 0 bridgehead atoms. The second-order valence-corrected chi connectivity index (χ2v) is 4.83. The summed E-state index contributed by atoms with van der Waals surface area (Å²) >= 11 is 0. The van der Waals surface area contributed by atoms with E-state index in [1.807, 2.05) is 25.1 Å². The molecule has 0 heterocycles.